The third kappa shape index (κ3) is 3.12. The summed E-state index contributed by atoms with van der Waals surface area (Å²) in [5.41, 5.74) is 1.89. The van der Waals surface area contributed by atoms with Gasteiger partial charge in [-0.15, -0.1) is 0 Å². The second-order valence-corrected chi connectivity index (χ2v) is 9.05. The summed E-state index contributed by atoms with van der Waals surface area (Å²) >= 11 is 12.1. The molecule has 2 aromatic carbocycles. The van der Waals surface area contributed by atoms with Gasteiger partial charge >= 0.3 is 5.97 Å². The number of nitrogens with zero attached hydrogens (tertiary/aromatic N) is 1. The molecule has 10 heteroatoms. The molecular formula is C18H15Cl2N3O4S. The van der Waals surface area contributed by atoms with E-state index in [-0.39, 0.29) is 27.2 Å². The van der Waals surface area contributed by atoms with Crippen molar-refractivity contribution in [2.24, 2.45) is 0 Å². The molecule has 1 aromatic heterocycles. The smallest absolute Gasteiger partial charge is 0.342 e. The van der Waals surface area contributed by atoms with E-state index in [1.807, 2.05) is 24.3 Å². The van der Waals surface area contributed by atoms with Crippen molar-refractivity contribution in [2.45, 2.75) is 17.5 Å². The molecule has 146 valence electrons. The molecule has 0 fully saturated rings. The van der Waals surface area contributed by atoms with Gasteiger partial charge in [-0.2, -0.15) is 4.31 Å². The lowest BCUT2D eigenvalue weighted by atomic mass is 10.1. The summed E-state index contributed by atoms with van der Waals surface area (Å²) in [6.07, 6.45) is 0.664. The number of carboxylic acid groups (broad SMARTS) is 1. The number of nitrogens with one attached hydrogen (secondary N) is 2. The summed E-state index contributed by atoms with van der Waals surface area (Å²) in [6.45, 7) is -0.0352. The van der Waals surface area contributed by atoms with Crippen LogP contribution in [0.25, 0.3) is 10.9 Å². The van der Waals surface area contributed by atoms with Crippen LogP contribution in [0.5, 0.6) is 0 Å². The molecule has 0 spiro atoms. The molecule has 0 saturated heterocycles. The average molecular weight is 440 g/mol. The summed E-state index contributed by atoms with van der Waals surface area (Å²) in [5.74, 6) is -1.32. The molecule has 4 rings (SSSR count). The predicted octanol–water partition coefficient (Wildman–Crippen LogP) is 3.54. The normalized spacial score (nSPS) is 18.6. The maximum Gasteiger partial charge on any atom is 0.342 e. The van der Waals surface area contributed by atoms with Crippen LogP contribution < -0.4 is 5.32 Å². The number of para-hydroxylation sites is 1. The van der Waals surface area contributed by atoms with Gasteiger partial charge in [0.15, 0.2) is 6.17 Å². The lowest BCUT2D eigenvalue weighted by Crippen LogP contribution is -2.53. The minimum atomic E-state index is -4.14. The largest absolute Gasteiger partial charge is 0.479 e. The van der Waals surface area contributed by atoms with E-state index in [1.165, 1.54) is 12.1 Å². The van der Waals surface area contributed by atoms with E-state index in [0.717, 1.165) is 20.8 Å². The van der Waals surface area contributed by atoms with Crippen molar-refractivity contribution < 1.29 is 18.3 Å². The van der Waals surface area contributed by atoms with Crippen molar-refractivity contribution in [1.82, 2.24) is 9.29 Å². The van der Waals surface area contributed by atoms with E-state index in [0.29, 0.717) is 6.42 Å². The molecule has 28 heavy (non-hydrogen) atoms. The van der Waals surface area contributed by atoms with Gasteiger partial charge in [0.05, 0.1) is 10.7 Å². The summed E-state index contributed by atoms with van der Waals surface area (Å²) < 4.78 is 27.2. The number of hydrogen-bond donors (Lipinski definition) is 3. The summed E-state index contributed by atoms with van der Waals surface area (Å²) in [4.78, 5) is 14.7. The van der Waals surface area contributed by atoms with Crippen LogP contribution in [-0.4, -0.2) is 41.5 Å². The molecule has 2 heterocycles. The van der Waals surface area contributed by atoms with Gasteiger partial charge in [-0.1, -0.05) is 41.4 Å². The van der Waals surface area contributed by atoms with E-state index in [9.17, 15) is 18.3 Å². The fourth-order valence-electron chi connectivity index (χ4n) is 3.41. The van der Waals surface area contributed by atoms with Crippen LogP contribution in [0.3, 0.4) is 0 Å². The minimum Gasteiger partial charge on any atom is -0.479 e. The van der Waals surface area contributed by atoms with Gasteiger partial charge in [0.25, 0.3) is 0 Å². The molecule has 3 aromatic rings. The Morgan fingerprint density at radius 1 is 1.21 bits per heavy atom. The van der Waals surface area contributed by atoms with Crippen LogP contribution in [0.4, 0.5) is 5.69 Å². The van der Waals surface area contributed by atoms with Gasteiger partial charge in [0, 0.05) is 28.7 Å². The van der Waals surface area contributed by atoms with E-state index in [2.05, 4.69) is 10.3 Å². The average Bonchev–Trinajstić information content (AvgIpc) is 3.02. The number of sulfonamides is 1. The molecule has 0 bridgehead atoms. The van der Waals surface area contributed by atoms with Crippen molar-refractivity contribution in [2.75, 3.05) is 11.9 Å². The van der Waals surface area contributed by atoms with Gasteiger partial charge in [0.1, 0.15) is 4.90 Å². The first-order valence-electron chi connectivity index (χ1n) is 8.34. The molecule has 0 aliphatic carbocycles. The number of rotatable bonds is 4. The number of hydrogen-bond acceptors (Lipinski definition) is 4. The van der Waals surface area contributed by atoms with Crippen LogP contribution in [0.1, 0.15) is 5.56 Å². The first-order valence-corrected chi connectivity index (χ1v) is 10.5. The highest BCUT2D eigenvalue weighted by molar-refractivity contribution is 7.89. The quantitative estimate of drug-likeness (QED) is 0.576. The SMILES string of the molecule is O=C(O)C1Nc2cc(Cl)cc(Cl)c2S(=O)(=O)N1CCc1c[nH]c2ccccc12. The number of aromatic nitrogens is 1. The molecule has 1 aliphatic heterocycles. The number of fused-ring (bicyclic) bond motifs is 2. The first kappa shape index (κ1) is 19.1. The highest BCUT2D eigenvalue weighted by Gasteiger charge is 2.43. The second kappa shape index (κ2) is 6.97. The number of aliphatic carboxylic acids is 1. The number of carbonyl (C=O) groups is 1. The zero-order chi connectivity index (χ0) is 20.1. The third-order valence-electron chi connectivity index (χ3n) is 4.67. The van der Waals surface area contributed by atoms with Gasteiger partial charge in [-0.3, -0.25) is 0 Å². The van der Waals surface area contributed by atoms with E-state index in [4.69, 9.17) is 23.2 Å². The summed E-state index contributed by atoms with van der Waals surface area (Å²) in [5, 5.41) is 13.4. The zero-order valence-electron chi connectivity index (χ0n) is 14.3. The fraction of sp³-hybridized carbons (Fsp3) is 0.167. The Morgan fingerprint density at radius 3 is 2.71 bits per heavy atom. The van der Waals surface area contributed by atoms with Crippen LogP contribution in [0.2, 0.25) is 10.0 Å². The van der Waals surface area contributed by atoms with Gasteiger partial charge in [-0.25, -0.2) is 13.2 Å². The number of aromatic amines is 1. The number of H-pyrrole nitrogens is 1. The van der Waals surface area contributed by atoms with Gasteiger partial charge < -0.3 is 15.4 Å². The second-order valence-electron chi connectivity index (χ2n) is 6.37. The minimum absolute atomic E-state index is 0.0352. The van der Waals surface area contributed by atoms with Crippen LogP contribution in [-0.2, 0) is 21.2 Å². The molecule has 1 unspecified atom stereocenters. The van der Waals surface area contributed by atoms with Crippen molar-refractivity contribution >= 4 is 55.8 Å². The number of halogens is 2. The number of carboxylic acids is 1. The van der Waals surface area contributed by atoms with Crippen LogP contribution in [0, 0.1) is 0 Å². The van der Waals surface area contributed by atoms with Crippen molar-refractivity contribution in [3.8, 4) is 0 Å². The van der Waals surface area contributed by atoms with Crippen LogP contribution in [0.15, 0.2) is 47.5 Å². The molecule has 0 radical (unpaired) electrons. The molecule has 1 atom stereocenters. The molecule has 7 nitrogen and oxygen atoms in total. The lowest BCUT2D eigenvalue weighted by Gasteiger charge is -2.35. The third-order valence-corrected chi connectivity index (χ3v) is 7.26. The van der Waals surface area contributed by atoms with Crippen LogP contribution >= 0.6 is 23.2 Å². The van der Waals surface area contributed by atoms with Crippen molar-refractivity contribution in [3.63, 3.8) is 0 Å². The Hall–Kier alpha value is -2.26. The maximum absolute atomic E-state index is 13.2. The first-order chi connectivity index (χ1) is 13.3. The van der Waals surface area contributed by atoms with Gasteiger partial charge in [0.2, 0.25) is 10.0 Å². The monoisotopic (exact) mass is 439 g/mol. The topological polar surface area (TPSA) is 102 Å². The van der Waals surface area contributed by atoms with E-state index < -0.39 is 22.2 Å². The van der Waals surface area contributed by atoms with Crippen molar-refractivity contribution in [1.29, 1.82) is 0 Å². The van der Waals surface area contributed by atoms with Crippen molar-refractivity contribution in [3.05, 3.63) is 58.2 Å². The number of anilines is 1. The Bertz CT molecular complexity index is 1190. The highest BCUT2D eigenvalue weighted by Crippen LogP contribution is 2.39. The molecule has 3 N–H and O–H groups in total. The Morgan fingerprint density at radius 2 is 1.96 bits per heavy atom. The standard InChI is InChI=1S/C18H15Cl2N3O4S/c19-11-7-13(20)16-15(8-11)22-17(18(24)25)23(28(16,26)27)6-5-10-9-21-14-4-2-1-3-12(10)14/h1-4,7-9,17,21-22H,5-6H2,(H,24,25). The fourth-order valence-corrected chi connectivity index (χ4v) is 5.88. The Labute approximate surface area is 170 Å². The summed E-state index contributed by atoms with van der Waals surface area (Å²) in [6, 6.07) is 10.3. The maximum atomic E-state index is 13.2. The Balaban J connectivity index is 1.72. The van der Waals surface area contributed by atoms with E-state index >= 15 is 0 Å². The van der Waals surface area contributed by atoms with Gasteiger partial charge in [-0.05, 0) is 30.2 Å². The highest BCUT2D eigenvalue weighted by atomic mass is 35.5. The predicted molar refractivity (Wildman–Crippen MR) is 107 cm³/mol. The molecule has 0 saturated carbocycles. The molecule has 1 aliphatic rings. The number of benzene rings is 2. The Kier molecular flexibility index (Phi) is 4.75. The lowest BCUT2D eigenvalue weighted by molar-refractivity contribution is -0.140. The summed E-state index contributed by atoms with van der Waals surface area (Å²) in [7, 11) is -4.14. The molecule has 0 amide bonds. The zero-order valence-corrected chi connectivity index (χ0v) is 16.6. The molecular weight excluding hydrogens is 425 g/mol. The van der Waals surface area contributed by atoms with E-state index in [1.54, 1.807) is 6.20 Å².